The molecule has 3 aromatic rings. The van der Waals surface area contributed by atoms with Crippen molar-refractivity contribution < 1.29 is 9.53 Å². The molecule has 0 bridgehead atoms. The Morgan fingerprint density at radius 1 is 1.31 bits per heavy atom. The minimum absolute atomic E-state index is 0.406. The van der Waals surface area contributed by atoms with Crippen LogP contribution in [0.5, 0.6) is 0 Å². The lowest BCUT2D eigenvalue weighted by Crippen LogP contribution is -2.33. The Labute approximate surface area is 207 Å². The lowest BCUT2D eigenvalue weighted by atomic mass is 9.99. The molecule has 3 heterocycles. The fourth-order valence-electron chi connectivity index (χ4n) is 4.92. The van der Waals surface area contributed by atoms with Crippen LogP contribution in [0.3, 0.4) is 0 Å². The van der Waals surface area contributed by atoms with Crippen LogP contribution in [-0.4, -0.2) is 65.8 Å². The molecule has 186 valence electrons. The van der Waals surface area contributed by atoms with E-state index < -0.39 is 11.7 Å². The number of amides is 1. The van der Waals surface area contributed by atoms with Crippen LogP contribution in [-0.2, 0) is 11.2 Å². The average molecular weight is 477 g/mol. The van der Waals surface area contributed by atoms with Crippen LogP contribution in [0.25, 0.3) is 16.7 Å². The molecule has 1 amide bonds. The molecule has 0 radical (unpaired) electrons. The van der Waals surface area contributed by atoms with Gasteiger partial charge in [0, 0.05) is 25.7 Å². The molecule has 1 atom stereocenters. The SMILES string of the molecule is Cc1c(CCCNC(=O)OC(C)(C)C)c(N2CC[C@H](N(C)C)C2)n2c(nc3ccccc32)c1C#N. The number of carbonyl (C=O) groups excluding carboxylic acids is 1. The van der Waals surface area contributed by atoms with Gasteiger partial charge in [-0.1, -0.05) is 12.1 Å². The van der Waals surface area contributed by atoms with E-state index in [9.17, 15) is 10.1 Å². The van der Waals surface area contributed by atoms with Gasteiger partial charge in [-0.05, 0) is 84.3 Å². The molecule has 1 aliphatic rings. The summed E-state index contributed by atoms with van der Waals surface area (Å²) in [7, 11) is 4.26. The van der Waals surface area contributed by atoms with Crippen LogP contribution < -0.4 is 10.2 Å². The van der Waals surface area contributed by atoms with Gasteiger partial charge in [-0.25, -0.2) is 9.78 Å². The van der Waals surface area contributed by atoms with Crippen molar-refractivity contribution in [1.29, 1.82) is 5.26 Å². The van der Waals surface area contributed by atoms with E-state index in [0.717, 1.165) is 60.3 Å². The maximum absolute atomic E-state index is 12.1. The number of alkyl carbamates (subject to hydrolysis) is 1. The number of pyridine rings is 1. The van der Waals surface area contributed by atoms with Gasteiger partial charge in [0.15, 0.2) is 5.65 Å². The van der Waals surface area contributed by atoms with Crippen molar-refractivity contribution in [3.05, 3.63) is 41.0 Å². The zero-order valence-electron chi connectivity index (χ0n) is 21.7. The maximum atomic E-state index is 12.1. The van der Waals surface area contributed by atoms with Crippen molar-refractivity contribution in [3.8, 4) is 6.07 Å². The lowest BCUT2D eigenvalue weighted by molar-refractivity contribution is 0.0527. The molecule has 1 saturated heterocycles. The Balaban J connectivity index is 1.74. The van der Waals surface area contributed by atoms with Crippen molar-refractivity contribution >= 4 is 28.6 Å². The molecule has 8 nitrogen and oxygen atoms in total. The Morgan fingerprint density at radius 3 is 2.71 bits per heavy atom. The molecule has 2 aromatic heterocycles. The van der Waals surface area contributed by atoms with Gasteiger partial charge in [-0.15, -0.1) is 0 Å². The molecule has 35 heavy (non-hydrogen) atoms. The summed E-state index contributed by atoms with van der Waals surface area (Å²) in [6.07, 6.45) is 2.15. The second-order valence-electron chi connectivity index (χ2n) is 10.6. The van der Waals surface area contributed by atoms with Crippen LogP contribution in [0.2, 0.25) is 0 Å². The van der Waals surface area contributed by atoms with Crippen molar-refractivity contribution in [3.63, 3.8) is 0 Å². The second kappa shape index (κ2) is 9.74. The summed E-state index contributed by atoms with van der Waals surface area (Å²) in [6.45, 7) is 9.95. The Bertz CT molecular complexity index is 1280. The van der Waals surface area contributed by atoms with Gasteiger partial charge in [0.2, 0.25) is 0 Å². The number of aromatic nitrogens is 2. The molecule has 1 aliphatic heterocycles. The lowest BCUT2D eigenvalue weighted by Gasteiger charge is -2.27. The molecule has 0 saturated carbocycles. The normalized spacial score (nSPS) is 16.3. The minimum atomic E-state index is -0.526. The zero-order valence-corrected chi connectivity index (χ0v) is 21.7. The molecule has 0 aliphatic carbocycles. The van der Waals surface area contributed by atoms with Crippen molar-refractivity contribution in [1.82, 2.24) is 19.6 Å². The predicted octanol–water partition coefficient (Wildman–Crippen LogP) is 4.27. The van der Waals surface area contributed by atoms with E-state index in [1.807, 2.05) is 45.9 Å². The molecule has 1 aromatic carbocycles. The standard InChI is InChI=1S/C27H36N6O2/c1-18-20(10-9-14-29-26(34)35-27(2,3)4)25(32-15-13-19(17-32)31(5)6)33-23-12-8-7-11-22(23)30-24(33)21(18)16-28/h7-8,11-12,19H,9-10,13-15,17H2,1-6H3,(H,29,34)/t19-/m0/s1. The van der Waals surface area contributed by atoms with Crippen LogP contribution in [0, 0.1) is 18.3 Å². The molecular weight excluding hydrogens is 440 g/mol. The number of benzene rings is 1. The fraction of sp³-hybridized carbons (Fsp3) is 0.519. The minimum Gasteiger partial charge on any atom is -0.444 e. The van der Waals surface area contributed by atoms with Gasteiger partial charge in [0.1, 0.15) is 17.5 Å². The highest BCUT2D eigenvalue weighted by atomic mass is 16.6. The van der Waals surface area contributed by atoms with Crippen molar-refractivity contribution in [2.24, 2.45) is 0 Å². The number of ether oxygens (including phenoxy) is 1. The highest BCUT2D eigenvalue weighted by molar-refractivity contribution is 5.86. The molecule has 8 heteroatoms. The first kappa shape index (κ1) is 24.8. The number of nitrogens with zero attached hydrogens (tertiary/aromatic N) is 5. The number of nitriles is 1. The largest absolute Gasteiger partial charge is 0.444 e. The molecule has 1 N–H and O–H groups in total. The van der Waals surface area contributed by atoms with Crippen molar-refractivity contribution in [2.45, 2.75) is 58.6 Å². The molecular formula is C27H36N6O2. The van der Waals surface area contributed by atoms with Crippen molar-refractivity contribution in [2.75, 3.05) is 38.6 Å². The van der Waals surface area contributed by atoms with Gasteiger partial charge in [0.25, 0.3) is 0 Å². The highest BCUT2D eigenvalue weighted by Gasteiger charge is 2.30. The molecule has 4 rings (SSSR count). The summed E-state index contributed by atoms with van der Waals surface area (Å²) in [6, 6.07) is 11.0. The summed E-state index contributed by atoms with van der Waals surface area (Å²) in [5.41, 5.74) is 4.81. The molecule has 0 unspecified atom stereocenters. The Morgan fingerprint density at radius 2 is 2.06 bits per heavy atom. The summed E-state index contributed by atoms with van der Waals surface area (Å²) in [5.74, 6) is 1.12. The first-order valence-corrected chi connectivity index (χ1v) is 12.3. The number of carbonyl (C=O) groups is 1. The van der Waals surface area contributed by atoms with Gasteiger partial charge in [0.05, 0.1) is 16.6 Å². The molecule has 0 spiro atoms. The number of fused-ring (bicyclic) bond motifs is 3. The third-order valence-electron chi connectivity index (χ3n) is 6.67. The number of para-hydroxylation sites is 2. The Kier molecular flexibility index (Phi) is 6.91. The second-order valence-corrected chi connectivity index (χ2v) is 10.6. The highest BCUT2D eigenvalue weighted by Crippen LogP contribution is 2.35. The number of imidazole rings is 1. The van der Waals surface area contributed by atoms with Gasteiger partial charge in [-0.3, -0.25) is 4.40 Å². The maximum Gasteiger partial charge on any atom is 0.407 e. The van der Waals surface area contributed by atoms with Gasteiger partial charge < -0.3 is 19.9 Å². The monoisotopic (exact) mass is 476 g/mol. The number of hydrogen-bond acceptors (Lipinski definition) is 6. The quantitative estimate of drug-likeness (QED) is 0.535. The fourth-order valence-corrected chi connectivity index (χ4v) is 4.92. The van der Waals surface area contributed by atoms with E-state index in [4.69, 9.17) is 9.72 Å². The number of likely N-dealkylation sites (N-methyl/N-ethyl adjacent to an activating group) is 1. The number of nitrogens with one attached hydrogen (secondary N) is 1. The van der Waals surface area contributed by atoms with E-state index in [1.54, 1.807) is 0 Å². The summed E-state index contributed by atoms with van der Waals surface area (Å²) >= 11 is 0. The zero-order chi connectivity index (χ0) is 25.3. The van der Waals surface area contributed by atoms with E-state index in [2.05, 4.69) is 45.7 Å². The van der Waals surface area contributed by atoms with Crippen LogP contribution in [0.4, 0.5) is 10.6 Å². The van der Waals surface area contributed by atoms with Crippen LogP contribution in [0.1, 0.15) is 50.3 Å². The van der Waals surface area contributed by atoms with Crippen LogP contribution in [0.15, 0.2) is 24.3 Å². The summed E-state index contributed by atoms with van der Waals surface area (Å²) in [4.78, 5) is 21.7. The van der Waals surface area contributed by atoms with Crippen LogP contribution >= 0.6 is 0 Å². The number of hydrogen-bond donors (Lipinski definition) is 1. The number of rotatable bonds is 6. The number of anilines is 1. The first-order valence-electron chi connectivity index (χ1n) is 12.3. The third kappa shape index (κ3) is 5.06. The van der Waals surface area contributed by atoms with E-state index >= 15 is 0 Å². The van der Waals surface area contributed by atoms with E-state index in [1.165, 1.54) is 0 Å². The first-order chi connectivity index (χ1) is 16.6. The summed E-state index contributed by atoms with van der Waals surface area (Å²) < 4.78 is 7.54. The smallest absolute Gasteiger partial charge is 0.407 e. The van der Waals surface area contributed by atoms with Gasteiger partial charge in [-0.2, -0.15) is 5.26 Å². The Hall–Kier alpha value is -3.31. The third-order valence-corrected chi connectivity index (χ3v) is 6.67. The molecule has 1 fully saturated rings. The predicted molar refractivity (Wildman–Crippen MR) is 139 cm³/mol. The summed E-state index contributed by atoms with van der Waals surface area (Å²) in [5, 5.41) is 13.0. The average Bonchev–Trinajstić information content (AvgIpc) is 3.41. The van der Waals surface area contributed by atoms with E-state index in [-0.39, 0.29) is 0 Å². The van der Waals surface area contributed by atoms with E-state index in [0.29, 0.717) is 23.8 Å². The topological polar surface area (TPSA) is 85.9 Å². The van der Waals surface area contributed by atoms with Gasteiger partial charge >= 0.3 is 6.09 Å².